The van der Waals surface area contributed by atoms with Gasteiger partial charge in [-0.1, -0.05) is 19.1 Å². The zero-order valence-electron chi connectivity index (χ0n) is 13.0. The maximum absolute atomic E-state index is 12.3. The molecule has 0 aromatic heterocycles. The Labute approximate surface area is 127 Å². The van der Waals surface area contributed by atoms with Crippen LogP contribution in [0.4, 0.5) is 0 Å². The Morgan fingerprint density at radius 1 is 1.43 bits per heavy atom. The van der Waals surface area contributed by atoms with Crippen molar-refractivity contribution < 1.29 is 9.53 Å². The van der Waals surface area contributed by atoms with Crippen LogP contribution >= 0.6 is 0 Å². The monoisotopic (exact) mass is 290 g/mol. The van der Waals surface area contributed by atoms with Gasteiger partial charge in [0.1, 0.15) is 5.75 Å². The van der Waals surface area contributed by atoms with E-state index >= 15 is 0 Å². The van der Waals surface area contributed by atoms with Crippen LogP contribution in [-0.2, 0) is 11.2 Å². The molecule has 0 heterocycles. The molecule has 4 nitrogen and oxygen atoms in total. The number of nitrogens with one attached hydrogen (secondary N) is 1. The summed E-state index contributed by atoms with van der Waals surface area (Å²) in [5.74, 6) is 1.56. The lowest BCUT2D eigenvalue weighted by Crippen LogP contribution is -2.55. The van der Waals surface area contributed by atoms with E-state index in [2.05, 4.69) is 12.2 Å². The molecule has 1 aliphatic rings. The first-order valence-corrected chi connectivity index (χ1v) is 7.71. The van der Waals surface area contributed by atoms with Gasteiger partial charge in [-0.15, -0.1) is 0 Å². The van der Waals surface area contributed by atoms with Gasteiger partial charge >= 0.3 is 0 Å². The summed E-state index contributed by atoms with van der Waals surface area (Å²) in [7, 11) is 1.63. The summed E-state index contributed by atoms with van der Waals surface area (Å²) in [6, 6.07) is 7.63. The number of amides is 1. The highest BCUT2D eigenvalue weighted by atomic mass is 16.5. The molecule has 1 amide bonds. The first-order valence-electron chi connectivity index (χ1n) is 7.71. The van der Waals surface area contributed by atoms with E-state index in [9.17, 15) is 4.79 Å². The maximum Gasteiger partial charge on any atom is 0.224 e. The van der Waals surface area contributed by atoms with Crippen LogP contribution in [0.2, 0.25) is 0 Å². The molecular formula is C17H26N2O2. The van der Waals surface area contributed by atoms with Crippen molar-refractivity contribution in [3.8, 4) is 5.75 Å². The zero-order valence-corrected chi connectivity index (χ0v) is 13.0. The van der Waals surface area contributed by atoms with E-state index in [1.54, 1.807) is 7.11 Å². The standard InChI is InChI=1S/C17H26N2O2/c1-13-6-8-17(12-18,9-7-13)19-16(20)11-14-4-3-5-15(10-14)21-2/h3-5,10,13H,6-9,11-12,18H2,1-2H3,(H,19,20). The molecule has 0 radical (unpaired) electrons. The summed E-state index contributed by atoms with van der Waals surface area (Å²) in [6.07, 6.45) is 4.60. The molecule has 0 spiro atoms. The summed E-state index contributed by atoms with van der Waals surface area (Å²) in [5.41, 5.74) is 6.69. The third kappa shape index (κ3) is 4.21. The Hall–Kier alpha value is -1.55. The van der Waals surface area contributed by atoms with E-state index in [1.807, 2.05) is 24.3 Å². The molecule has 1 fully saturated rings. The number of hydrogen-bond donors (Lipinski definition) is 2. The Balaban J connectivity index is 1.96. The van der Waals surface area contributed by atoms with Crippen molar-refractivity contribution in [2.24, 2.45) is 11.7 Å². The first-order chi connectivity index (χ1) is 10.1. The van der Waals surface area contributed by atoms with E-state index in [4.69, 9.17) is 10.5 Å². The first kappa shape index (κ1) is 15.8. The SMILES string of the molecule is COc1cccc(CC(=O)NC2(CN)CCC(C)CC2)c1. The minimum Gasteiger partial charge on any atom is -0.497 e. The zero-order chi connectivity index (χ0) is 15.3. The van der Waals surface area contributed by atoms with Crippen molar-refractivity contribution >= 4 is 5.91 Å². The average Bonchev–Trinajstić information content (AvgIpc) is 2.50. The maximum atomic E-state index is 12.3. The van der Waals surface area contributed by atoms with Gasteiger partial charge in [-0.3, -0.25) is 4.79 Å². The minimum atomic E-state index is -0.206. The van der Waals surface area contributed by atoms with E-state index in [0.717, 1.165) is 42.9 Å². The second kappa shape index (κ2) is 6.94. The van der Waals surface area contributed by atoms with Gasteiger partial charge in [0, 0.05) is 6.54 Å². The number of benzene rings is 1. The molecule has 1 aliphatic carbocycles. The number of rotatable bonds is 5. The van der Waals surface area contributed by atoms with Crippen molar-refractivity contribution in [2.75, 3.05) is 13.7 Å². The van der Waals surface area contributed by atoms with Gasteiger partial charge in [-0.2, -0.15) is 0 Å². The van der Waals surface area contributed by atoms with Crippen molar-refractivity contribution in [2.45, 2.75) is 44.6 Å². The average molecular weight is 290 g/mol. The fourth-order valence-corrected chi connectivity index (χ4v) is 3.00. The summed E-state index contributed by atoms with van der Waals surface area (Å²) in [6.45, 7) is 2.78. The van der Waals surface area contributed by atoms with Crippen LogP contribution in [0.25, 0.3) is 0 Å². The number of methoxy groups -OCH3 is 1. The predicted octanol–water partition coefficient (Wildman–Crippen LogP) is 2.26. The smallest absolute Gasteiger partial charge is 0.224 e. The Kier molecular flexibility index (Phi) is 5.23. The molecule has 0 saturated heterocycles. The van der Waals surface area contributed by atoms with Gasteiger partial charge in [0.2, 0.25) is 5.91 Å². The summed E-state index contributed by atoms with van der Waals surface area (Å²) < 4.78 is 5.19. The Morgan fingerprint density at radius 2 is 2.14 bits per heavy atom. The highest BCUT2D eigenvalue weighted by Gasteiger charge is 2.34. The number of ether oxygens (including phenoxy) is 1. The molecule has 116 valence electrons. The number of carbonyl (C=O) groups is 1. The number of hydrogen-bond acceptors (Lipinski definition) is 3. The predicted molar refractivity (Wildman–Crippen MR) is 84.3 cm³/mol. The van der Waals surface area contributed by atoms with Crippen LogP contribution in [0.3, 0.4) is 0 Å². The minimum absolute atomic E-state index is 0.0447. The Bertz CT molecular complexity index is 479. The van der Waals surface area contributed by atoms with E-state index in [0.29, 0.717) is 13.0 Å². The van der Waals surface area contributed by atoms with Gasteiger partial charge in [0.25, 0.3) is 0 Å². The fraction of sp³-hybridized carbons (Fsp3) is 0.588. The highest BCUT2D eigenvalue weighted by molar-refractivity contribution is 5.79. The van der Waals surface area contributed by atoms with Crippen LogP contribution in [0, 0.1) is 5.92 Å². The molecule has 0 aliphatic heterocycles. The third-order valence-electron chi connectivity index (χ3n) is 4.53. The van der Waals surface area contributed by atoms with E-state index in [1.165, 1.54) is 0 Å². The molecule has 1 aromatic rings. The number of carbonyl (C=O) groups excluding carboxylic acids is 1. The summed E-state index contributed by atoms with van der Waals surface area (Å²) >= 11 is 0. The molecule has 0 unspecified atom stereocenters. The fourth-order valence-electron chi connectivity index (χ4n) is 3.00. The van der Waals surface area contributed by atoms with Gasteiger partial charge in [0.15, 0.2) is 0 Å². The summed E-state index contributed by atoms with van der Waals surface area (Å²) in [5, 5.41) is 3.18. The van der Waals surface area contributed by atoms with Crippen LogP contribution in [-0.4, -0.2) is 25.1 Å². The van der Waals surface area contributed by atoms with Crippen LogP contribution in [0.15, 0.2) is 24.3 Å². The quantitative estimate of drug-likeness (QED) is 0.874. The van der Waals surface area contributed by atoms with Gasteiger partial charge in [0.05, 0.1) is 19.1 Å². The van der Waals surface area contributed by atoms with Crippen LogP contribution in [0.5, 0.6) is 5.75 Å². The molecule has 1 saturated carbocycles. The third-order valence-corrected chi connectivity index (χ3v) is 4.53. The van der Waals surface area contributed by atoms with Crippen LogP contribution in [0.1, 0.15) is 38.2 Å². The topological polar surface area (TPSA) is 64.3 Å². The van der Waals surface area contributed by atoms with Crippen molar-refractivity contribution in [1.82, 2.24) is 5.32 Å². The van der Waals surface area contributed by atoms with E-state index < -0.39 is 0 Å². The van der Waals surface area contributed by atoms with E-state index in [-0.39, 0.29) is 11.4 Å². The molecule has 4 heteroatoms. The molecular weight excluding hydrogens is 264 g/mol. The lowest BCUT2D eigenvalue weighted by Gasteiger charge is -2.39. The van der Waals surface area contributed by atoms with Gasteiger partial charge < -0.3 is 15.8 Å². The molecule has 0 bridgehead atoms. The van der Waals surface area contributed by atoms with Gasteiger partial charge in [-0.05, 0) is 49.3 Å². The molecule has 0 atom stereocenters. The normalized spacial score (nSPS) is 25.4. The van der Waals surface area contributed by atoms with Gasteiger partial charge in [-0.25, -0.2) is 0 Å². The molecule has 1 aromatic carbocycles. The van der Waals surface area contributed by atoms with Crippen molar-refractivity contribution in [3.63, 3.8) is 0 Å². The summed E-state index contributed by atoms with van der Waals surface area (Å²) in [4.78, 5) is 12.3. The molecule has 21 heavy (non-hydrogen) atoms. The highest BCUT2D eigenvalue weighted by Crippen LogP contribution is 2.31. The lowest BCUT2D eigenvalue weighted by atomic mass is 9.77. The van der Waals surface area contributed by atoms with Crippen LogP contribution < -0.4 is 15.8 Å². The van der Waals surface area contributed by atoms with Crippen molar-refractivity contribution in [1.29, 1.82) is 0 Å². The second-order valence-electron chi connectivity index (χ2n) is 6.24. The number of nitrogens with two attached hydrogens (primary N) is 1. The largest absolute Gasteiger partial charge is 0.497 e. The lowest BCUT2D eigenvalue weighted by molar-refractivity contribution is -0.122. The van der Waals surface area contributed by atoms with Crippen molar-refractivity contribution in [3.05, 3.63) is 29.8 Å². The molecule has 3 N–H and O–H groups in total. The Morgan fingerprint density at radius 3 is 2.76 bits per heavy atom. The molecule has 2 rings (SSSR count). The second-order valence-corrected chi connectivity index (χ2v) is 6.24.